The van der Waals surface area contributed by atoms with Gasteiger partial charge in [-0.25, -0.2) is 0 Å². The van der Waals surface area contributed by atoms with E-state index in [2.05, 4.69) is 41.5 Å². The van der Waals surface area contributed by atoms with Gasteiger partial charge < -0.3 is 4.74 Å². The van der Waals surface area contributed by atoms with Gasteiger partial charge in [0.15, 0.2) is 6.23 Å². The second kappa shape index (κ2) is 8.01. The van der Waals surface area contributed by atoms with Gasteiger partial charge in [0.2, 0.25) is 0 Å². The summed E-state index contributed by atoms with van der Waals surface area (Å²) in [5, 5.41) is 0. The molecule has 0 heterocycles. The summed E-state index contributed by atoms with van der Waals surface area (Å²) >= 11 is 0. The van der Waals surface area contributed by atoms with Crippen LogP contribution in [-0.4, -0.2) is 6.23 Å². The first-order chi connectivity index (χ1) is 10.2. The minimum Gasteiger partial charge on any atom is -0.475 e. The number of benzene rings is 1. The van der Waals surface area contributed by atoms with Crippen molar-refractivity contribution in [1.29, 1.82) is 0 Å². The van der Waals surface area contributed by atoms with E-state index in [1.807, 2.05) is 30.3 Å². The van der Waals surface area contributed by atoms with Crippen molar-refractivity contribution >= 4 is 0 Å². The lowest BCUT2D eigenvalue weighted by Crippen LogP contribution is -2.44. The van der Waals surface area contributed by atoms with Crippen molar-refractivity contribution in [3.8, 4) is 5.75 Å². The van der Waals surface area contributed by atoms with Gasteiger partial charge in [0, 0.05) is 5.92 Å². The van der Waals surface area contributed by atoms with E-state index in [1.165, 1.54) is 12.8 Å². The van der Waals surface area contributed by atoms with Crippen molar-refractivity contribution in [3.05, 3.63) is 30.3 Å². The molecule has 0 spiro atoms. The van der Waals surface area contributed by atoms with E-state index in [0.29, 0.717) is 11.3 Å². The second-order valence-electron chi connectivity index (χ2n) is 7.90. The summed E-state index contributed by atoms with van der Waals surface area (Å²) in [6, 6.07) is 9.93. The first kappa shape index (κ1) is 19.0. The van der Waals surface area contributed by atoms with Crippen molar-refractivity contribution in [2.75, 3.05) is 0 Å². The lowest BCUT2D eigenvalue weighted by molar-refractivity contribution is 0.0388. The summed E-state index contributed by atoms with van der Waals surface area (Å²) in [7, 11) is 0. The fraction of sp³-hybridized carbons (Fsp3) is 0.700. The molecule has 2 nitrogen and oxygen atoms in total. The van der Waals surface area contributed by atoms with Crippen LogP contribution >= 0.6 is 0 Å². The maximum absolute atomic E-state index is 6.46. The Balaban J connectivity index is 2.81. The zero-order chi connectivity index (χ0) is 16.8. The van der Waals surface area contributed by atoms with Gasteiger partial charge in [0.05, 0.1) is 0 Å². The smallest absolute Gasteiger partial charge is 0.151 e. The molecule has 0 radical (unpaired) electrons. The monoisotopic (exact) mass is 305 g/mol. The van der Waals surface area contributed by atoms with Gasteiger partial charge in [0.25, 0.3) is 0 Å². The Morgan fingerprint density at radius 3 is 2.09 bits per heavy atom. The Bertz CT molecular complexity index is 425. The van der Waals surface area contributed by atoms with Gasteiger partial charge in [0.1, 0.15) is 5.75 Å². The third kappa shape index (κ3) is 5.64. The summed E-state index contributed by atoms with van der Waals surface area (Å²) in [5.41, 5.74) is 7.01. The molecular weight excluding hydrogens is 270 g/mol. The fourth-order valence-corrected chi connectivity index (χ4v) is 2.72. The van der Waals surface area contributed by atoms with E-state index in [-0.39, 0.29) is 11.6 Å². The lowest BCUT2D eigenvalue weighted by Gasteiger charge is -2.39. The zero-order valence-electron chi connectivity index (χ0n) is 15.4. The van der Waals surface area contributed by atoms with Crippen LogP contribution in [0.15, 0.2) is 30.3 Å². The summed E-state index contributed by atoms with van der Waals surface area (Å²) in [4.78, 5) is 0. The fourth-order valence-electron chi connectivity index (χ4n) is 2.72. The molecule has 2 atom stereocenters. The molecule has 0 amide bonds. The number of nitrogens with two attached hydrogens (primary N) is 1. The maximum atomic E-state index is 6.46. The van der Waals surface area contributed by atoms with Crippen LogP contribution in [0.2, 0.25) is 0 Å². The molecule has 1 aromatic rings. The van der Waals surface area contributed by atoms with Crippen LogP contribution in [0.1, 0.15) is 67.2 Å². The van der Waals surface area contributed by atoms with Crippen LogP contribution in [0.25, 0.3) is 0 Å². The van der Waals surface area contributed by atoms with Gasteiger partial charge in [-0.1, -0.05) is 72.6 Å². The molecule has 0 bridgehead atoms. The molecule has 0 aliphatic carbocycles. The first-order valence-electron chi connectivity index (χ1n) is 8.69. The quantitative estimate of drug-likeness (QED) is 0.601. The zero-order valence-corrected chi connectivity index (χ0v) is 15.4. The van der Waals surface area contributed by atoms with Gasteiger partial charge in [-0.05, 0) is 35.8 Å². The predicted molar refractivity (Wildman–Crippen MR) is 95.9 cm³/mol. The number of ether oxygens (including phenoxy) is 1. The molecule has 22 heavy (non-hydrogen) atoms. The third-order valence-corrected chi connectivity index (χ3v) is 5.42. The molecule has 0 saturated heterocycles. The summed E-state index contributed by atoms with van der Waals surface area (Å²) in [6.45, 7) is 13.8. The first-order valence-corrected chi connectivity index (χ1v) is 8.69. The highest BCUT2D eigenvalue weighted by molar-refractivity contribution is 5.21. The predicted octanol–water partition coefficient (Wildman–Crippen LogP) is 5.62. The van der Waals surface area contributed by atoms with Crippen LogP contribution in [0.5, 0.6) is 5.75 Å². The average molecular weight is 306 g/mol. The van der Waals surface area contributed by atoms with E-state index < -0.39 is 0 Å². The van der Waals surface area contributed by atoms with Gasteiger partial charge in [-0.15, -0.1) is 0 Å². The van der Waals surface area contributed by atoms with Crippen molar-refractivity contribution in [2.45, 2.75) is 73.5 Å². The normalized spacial score (nSPS) is 15.4. The molecule has 1 rings (SSSR count). The highest BCUT2D eigenvalue weighted by Crippen LogP contribution is 2.39. The Hall–Kier alpha value is -1.02. The molecule has 0 saturated carbocycles. The third-order valence-electron chi connectivity index (χ3n) is 5.42. The Morgan fingerprint density at radius 1 is 1.00 bits per heavy atom. The molecule has 1 aromatic carbocycles. The highest BCUT2D eigenvalue weighted by Gasteiger charge is 2.35. The van der Waals surface area contributed by atoms with Crippen LogP contribution in [-0.2, 0) is 0 Å². The molecular formula is C20H35NO. The molecule has 0 aliphatic heterocycles. The standard InChI is InChI=1S/C20H35NO/c1-7-19(3,4)15-14-17(20(5,6)8-2)18(21)22-16-12-10-9-11-13-16/h9-13,17-18H,7-8,14-15,21H2,1-6H3. The van der Waals surface area contributed by atoms with Gasteiger partial charge in [-0.2, -0.15) is 0 Å². The van der Waals surface area contributed by atoms with Crippen LogP contribution in [0.4, 0.5) is 0 Å². The van der Waals surface area contributed by atoms with E-state index in [1.54, 1.807) is 0 Å². The number of rotatable bonds is 9. The number of hydrogen-bond donors (Lipinski definition) is 1. The van der Waals surface area contributed by atoms with E-state index >= 15 is 0 Å². The molecule has 2 heteroatoms. The number of hydrogen-bond acceptors (Lipinski definition) is 2. The van der Waals surface area contributed by atoms with Gasteiger partial charge >= 0.3 is 0 Å². The molecule has 2 unspecified atom stereocenters. The molecule has 126 valence electrons. The van der Waals surface area contributed by atoms with Crippen molar-refractivity contribution in [1.82, 2.24) is 0 Å². The lowest BCUT2D eigenvalue weighted by atomic mass is 9.71. The number of para-hydroxylation sites is 1. The second-order valence-corrected chi connectivity index (χ2v) is 7.90. The van der Waals surface area contributed by atoms with Crippen molar-refractivity contribution in [3.63, 3.8) is 0 Å². The Kier molecular flexibility index (Phi) is 6.93. The Morgan fingerprint density at radius 2 is 1.59 bits per heavy atom. The largest absolute Gasteiger partial charge is 0.475 e. The van der Waals surface area contributed by atoms with Crippen molar-refractivity contribution in [2.24, 2.45) is 22.5 Å². The molecule has 0 aliphatic rings. The minimum atomic E-state index is -0.259. The molecule has 2 N–H and O–H groups in total. The van der Waals surface area contributed by atoms with Crippen LogP contribution < -0.4 is 10.5 Å². The minimum absolute atomic E-state index is 0.179. The maximum Gasteiger partial charge on any atom is 0.151 e. The summed E-state index contributed by atoms with van der Waals surface area (Å²) < 4.78 is 6.04. The summed E-state index contributed by atoms with van der Waals surface area (Å²) in [5.74, 6) is 1.21. The van der Waals surface area contributed by atoms with Crippen LogP contribution in [0, 0.1) is 16.7 Å². The van der Waals surface area contributed by atoms with Crippen LogP contribution in [0.3, 0.4) is 0 Å². The van der Waals surface area contributed by atoms with Gasteiger partial charge in [-0.3, -0.25) is 5.73 Å². The molecule has 0 fully saturated rings. The highest BCUT2D eigenvalue weighted by atomic mass is 16.5. The van der Waals surface area contributed by atoms with Crippen molar-refractivity contribution < 1.29 is 4.74 Å². The average Bonchev–Trinajstić information content (AvgIpc) is 2.48. The topological polar surface area (TPSA) is 35.2 Å². The summed E-state index contributed by atoms with van der Waals surface area (Å²) in [6.07, 6.45) is 4.33. The SMILES string of the molecule is CCC(C)(C)CCC(C(N)Oc1ccccc1)C(C)(C)CC. The Labute approximate surface area is 137 Å². The van der Waals surface area contributed by atoms with E-state index in [0.717, 1.165) is 18.6 Å². The molecule has 0 aromatic heterocycles. The van der Waals surface area contributed by atoms with E-state index in [9.17, 15) is 0 Å². The van der Waals surface area contributed by atoms with E-state index in [4.69, 9.17) is 10.5 Å².